The lowest BCUT2D eigenvalue weighted by molar-refractivity contribution is -0.00594. The molecule has 2 atom stereocenters. The summed E-state index contributed by atoms with van der Waals surface area (Å²) in [7, 11) is 1.58. The van der Waals surface area contributed by atoms with Crippen molar-refractivity contribution in [1.82, 2.24) is 15.3 Å². The van der Waals surface area contributed by atoms with Crippen LogP contribution in [0.5, 0.6) is 17.8 Å². The first kappa shape index (κ1) is 21.3. The first-order valence-electron chi connectivity index (χ1n) is 10.3. The predicted molar refractivity (Wildman–Crippen MR) is 111 cm³/mol. The zero-order chi connectivity index (χ0) is 20.6. The summed E-state index contributed by atoms with van der Waals surface area (Å²) in [5.41, 5.74) is 1.92. The molecule has 0 spiro atoms. The van der Waals surface area contributed by atoms with Gasteiger partial charge in [-0.15, -0.1) is 0 Å². The number of nitrogens with zero attached hydrogens (tertiary/aromatic N) is 2. The van der Waals surface area contributed by atoms with E-state index in [0.29, 0.717) is 30.5 Å². The maximum atomic E-state index is 6.36. The minimum absolute atomic E-state index is 0.0364. The van der Waals surface area contributed by atoms with Crippen molar-refractivity contribution in [3.63, 3.8) is 0 Å². The second-order valence-corrected chi connectivity index (χ2v) is 7.23. The van der Waals surface area contributed by atoms with Crippen LogP contribution in [0.4, 0.5) is 0 Å². The van der Waals surface area contributed by atoms with Gasteiger partial charge in [-0.3, -0.25) is 0 Å². The fourth-order valence-corrected chi connectivity index (χ4v) is 3.45. The highest BCUT2D eigenvalue weighted by atomic mass is 16.5. The van der Waals surface area contributed by atoms with Crippen molar-refractivity contribution >= 4 is 0 Å². The number of ether oxygens (including phenoxy) is 4. The average Bonchev–Trinajstić information content (AvgIpc) is 2.73. The van der Waals surface area contributed by atoms with Crippen molar-refractivity contribution in [2.24, 2.45) is 0 Å². The van der Waals surface area contributed by atoms with E-state index >= 15 is 0 Å². The minimum Gasteiger partial charge on any atom is -0.480 e. The van der Waals surface area contributed by atoms with Crippen molar-refractivity contribution in [3.8, 4) is 17.8 Å². The highest BCUT2D eigenvalue weighted by Crippen LogP contribution is 2.32. The van der Waals surface area contributed by atoms with Gasteiger partial charge in [-0.05, 0) is 45.7 Å². The van der Waals surface area contributed by atoms with Gasteiger partial charge in [0.25, 0.3) is 0 Å². The van der Waals surface area contributed by atoms with Crippen molar-refractivity contribution in [1.29, 1.82) is 0 Å². The molecule has 0 saturated carbocycles. The summed E-state index contributed by atoms with van der Waals surface area (Å²) in [6.07, 6.45) is 2.04. The summed E-state index contributed by atoms with van der Waals surface area (Å²) in [4.78, 5) is 8.78. The van der Waals surface area contributed by atoms with Crippen LogP contribution in [0.1, 0.15) is 50.8 Å². The molecule has 1 saturated heterocycles. The molecule has 0 unspecified atom stereocenters. The zero-order valence-electron chi connectivity index (χ0n) is 17.7. The first-order valence-corrected chi connectivity index (χ1v) is 10.3. The number of nitrogens with one attached hydrogen (secondary N) is 1. The van der Waals surface area contributed by atoms with Crippen LogP contribution in [-0.4, -0.2) is 42.4 Å². The molecular formula is C22H31N3O4. The Morgan fingerprint density at radius 2 is 1.90 bits per heavy atom. The smallest absolute Gasteiger partial charge is 0.323 e. The van der Waals surface area contributed by atoms with E-state index in [1.54, 1.807) is 7.11 Å². The van der Waals surface area contributed by atoms with Gasteiger partial charge < -0.3 is 24.3 Å². The Morgan fingerprint density at radius 1 is 1.14 bits per heavy atom. The maximum absolute atomic E-state index is 6.36. The Kier molecular flexibility index (Phi) is 7.66. The Hall–Kier alpha value is -2.38. The molecule has 1 aromatic carbocycles. The summed E-state index contributed by atoms with van der Waals surface area (Å²) in [6, 6.07) is 10.8. The Morgan fingerprint density at radius 3 is 2.59 bits per heavy atom. The summed E-state index contributed by atoms with van der Waals surface area (Å²) < 4.78 is 23.2. The van der Waals surface area contributed by atoms with Gasteiger partial charge in [0.15, 0.2) is 0 Å². The number of rotatable bonds is 9. The van der Waals surface area contributed by atoms with E-state index < -0.39 is 0 Å². The number of benzene rings is 1. The van der Waals surface area contributed by atoms with Crippen LogP contribution < -0.4 is 19.5 Å². The van der Waals surface area contributed by atoms with Crippen molar-refractivity contribution < 1.29 is 18.9 Å². The highest BCUT2D eigenvalue weighted by molar-refractivity contribution is 5.36. The van der Waals surface area contributed by atoms with E-state index in [1.807, 2.05) is 26.8 Å². The Labute approximate surface area is 172 Å². The van der Waals surface area contributed by atoms with Crippen molar-refractivity contribution in [2.45, 2.75) is 58.5 Å². The van der Waals surface area contributed by atoms with E-state index in [9.17, 15) is 0 Å². The second-order valence-electron chi connectivity index (χ2n) is 7.23. The monoisotopic (exact) mass is 401 g/mol. The number of hydrogen-bond donors (Lipinski definition) is 1. The largest absolute Gasteiger partial charge is 0.480 e. The lowest BCUT2D eigenvalue weighted by Crippen LogP contribution is -2.39. The summed E-state index contributed by atoms with van der Waals surface area (Å²) in [5.74, 6) is 0.856. The second kappa shape index (κ2) is 10.4. The van der Waals surface area contributed by atoms with Crippen LogP contribution in [0.2, 0.25) is 0 Å². The van der Waals surface area contributed by atoms with Gasteiger partial charge in [-0.25, -0.2) is 0 Å². The number of methoxy groups -OCH3 is 1. The van der Waals surface area contributed by atoms with E-state index in [4.69, 9.17) is 18.9 Å². The van der Waals surface area contributed by atoms with E-state index in [1.165, 1.54) is 5.56 Å². The molecule has 7 heteroatoms. The third-order valence-electron chi connectivity index (χ3n) is 4.73. The normalized spacial score (nSPS) is 19.2. The summed E-state index contributed by atoms with van der Waals surface area (Å²) in [5, 5.41) is 3.58. The van der Waals surface area contributed by atoms with Crippen molar-refractivity contribution in [3.05, 3.63) is 41.5 Å². The Bertz CT molecular complexity index is 770. The van der Waals surface area contributed by atoms with Crippen molar-refractivity contribution in [2.75, 3.05) is 20.3 Å². The zero-order valence-corrected chi connectivity index (χ0v) is 17.7. The predicted octanol–water partition coefficient (Wildman–Crippen LogP) is 3.68. The SMILES string of the molecule is CCOc1nc(OC)c(CO[C@H]2CCCN[C@H]2c2ccccc2)c(OC(C)C)n1. The molecule has 7 nitrogen and oxygen atoms in total. The standard InChI is InChI=1S/C22H31N3O4/c1-5-27-22-24-20(26-4)17(21(25-22)29-15(2)3)14-28-18-12-9-13-23-19(18)16-10-7-6-8-11-16/h6-8,10-11,15,18-19,23H,5,9,12-14H2,1-4H3/t18-,19-/m0/s1. The molecule has 158 valence electrons. The molecule has 1 N–H and O–H groups in total. The van der Waals surface area contributed by atoms with Gasteiger partial charge in [0.1, 0.15) is 5.56 Å². The maximum Gasteiger partial charge on any atom is 0.323 e. The van der Waals surface area contributed by atoms with Crippen LogP contribution >= 0.6 is 0 Å². The highest BCUT2D eigenvalue weighted by Gasteiger charge is 2.28. The van der Waals surface area contributed by atoms with Crippen LogP contribution in [0.25, 0.3) is 0 Å². The van der Waals surface area contributed by atoms with Gasteiger partial charge in [0, 0.05) is 0 Å². The molecule has 29 heavy (non-hydrogen) atoms. The molecule has 0 aliphatic carbocycles. The van der Waals surface area contributed by atoms with Gasteiger partial charge in [0.05, 0.1) is 38.6 Å². The quantitative estimate of drug-likeness (QED) is 0.687. The van der Waals surface area contributed by atoms with Gasteiger partial charge in [-0.1, -0.05) is 30.3 Å². The van der Waals surface area contributed by atoms with E-state index in [2.05, 4.69) is 39.6 Å². The van der Waals surface area contributed by atoms with Gasteiger partial charge in [-0.2, -0.15) is 9.97 Å². The lowest BCUT2D eigenvalue weighted by atomic mass is 9.94. The Balaban J connectivity index is 1.82. The third-order valence-corrected chi connectivity index (χ3v) is 4.73. The first-order chi connectivity index (χ1) is 14.1. The average molecular weight is 402 g/mol. The molecular weight excluding hydrogens is 370 g/mol. The fraction of sp³-hybridized carbons (Fsp3) is 0.545. The molecule has 1 aliphatic rings. The van der Waals surface area contributed by atoms with Crippen LogP contribution in [-0.2, 0) is 11.3 Å². The van der Waals surface area contributed by atoms with Crippen LogP contribution in [0.15, 0.2) is 30.3 Å². The molecule has 1 aromatic heterocycles. The summed E-state index contributed by atoms with van der Waals surface area (Å²) >= 11 is 0. The third kappa shape index (κ3) is 5.58. The lowest BCUT2D eigenvalue weighted by Gasteiger charge is -2.33. The van der Waals surface area contributed by atoms with Gasteiger partial charge >= 0.3 is 6.01 Å². The van der Waals surface area contributed by atoms with Crippen LogP contribution in [0.3, 0.4) is 0 Å². The van der Waals surface area contributed by atoms with E-state index in [-0.39, 0.29) is 24.3 Å². The number of hydrogen-bond acceptors (Lipinski definition) is 7. The van der Waals surface area contributed by atoms with Gasteiger partial charge in [0.2, 0.25) is 11.8 Å². The molecule has 2 heterocycles. The number of aromatic nitrogens is 2. The summed E-state index contributed by atoms with van der Waals surface area (Å²) in [6.45, 7) is 7.54. The molecule has 2 aromatic rings. The number of piperidine rings is 1. The van der Waals surface area contributed by atoms with E-state index in [0.717, 1.165) is 19.4 Å². The molecule has 0 amide bonds. The molecule has 1 aliphatic heterocycles. The van der Waals surface area contributed by atoms with Crippen LogP contribution in [0, 0.1) is 0 Å². The molecule has 3 rings (SSSR count). The molecule has 0 radical (unpaired) electrons. The molecule has 1 fully saturated rings. The molecule has 0 bridgehead atoms. The fourth-order valence-electron chi connectivity index (χ4n) is 3.45. The topological polar surface area (TPSA) is 74.7 Å². The minimum atomic E-state index is -0.0451.